The summed E-state index contributed by atoms with van der Waals surface area (Å²) in [6, 6.07) is 24.1. The molecular weight excluding hydrogens is 482 g/mol. The zero-order chi connectivity index (χ0) is 24.5. The van der Waals surface area contributed by atoms with E-state index >= 15 is 0 Å². The van der Waals surface area contributed by atoms with Crippen LogP contribution in [0.1, 0.15) is 0 Å². The Morgan fingerprint density at radius 1 is 0.914 bits per heavy atom. The maximum absolute atomic E-state index is 12.4. The first-order chi connectivity index (χ1) is 17.1. The number of ether oxygens (including phenoxy) is 2. The van der Waals surface area contributed by atoms with Crippen LogP contribution in [-0.4, -0.2) is 36.3 Å². The summed E-state index contributed by atoms with van der Waals surface area (Å²) in [5.74, 6) is 1.21. The van der Waals surface area contributed by atoms with E-state index in [0.29, 0.717) is 16.6 Å². The van der Waals surface area contributed by atoms with Crippen molar-refractivity contribution >= 4 is 45.7 Å². The summed E-state index contributed by atoms with van der Waals surface area (Å²) in [4.78, 5) is 29.9. The Bertz CT molecular complexity index is 1280. The molecular formula is C26H23N3O4S2. The largest absolute Gasteiger partial charge is 0.496 e. The number of benzene rings is 3. The summed E-state index contributed by atoms with van der Waals surface area (Å²) in [6.07, 6.45) is 0. The highest BCUT2D eigenvalue weighted by Crippen LogP contribution is 2.32. The van der Waals surface area contributed by atoms with Crippen LogP contribution in [0.3, 0.4) is 0 Å². The van der Waals surface area contributed by atoms with Crippen LogP contribution in [0.4, 0.5) is 10.8 Å². The first-order valence-corrected chi connectivity index (χ1v) is 12.6. The molecule has 2 amide bonds. The smallest absolute Gasteiger partial charge is 0.262 e. The number of anilines is 2. The number of amides is 2. The van der Waals surface area contributed by atoms with Gasteiger partial charge in [-0.3, -0.25) is 9.59 Å². The number of thioether (sulfide) groups is 1. The van der Waals surface area contributed by atoms with Gasteiger partial charge < -0.3 is 20.1 Å². The number of methoxy groups -OCH3 is 1. The molecule has 0 aliphatic rings. The lowest BCUT2D eigenvalue weighted by atomic mass is 10.1. The molecule has 0 aliphatic carbocycles. The van der Waals surface area contributed by atoms with E-state index in [4.69, 9.17) is 9.47 Å². The van der Waals surface area contributed by atoms with Crippen molar-refractivity contribution in [3.8, 4) is 22.8 Å². The molecule has 0 aliphatic heterocycles. The zero-order valence-electron chi connectivity index (χ0n) is 18.9. The average molecular weight is 506 g/mol. The predicted octanol–water partition coefficient (Wildman–Crippen LogP) is 5.57. The Morgan fingerprint density at radius 2 is 1.66 bits per heavy atom. The van der Waals surface area contributed by atoms with Crippen molar-refractivity contribution in [2.24, 2.45) is 0 Å². The molecule has 1 aromatic heterocycles. The highest BCUT2D eigenvalue weighted by atomic mass is 32.2. The molecule has 0 bridgehead atoms. The van der Waals surface area contributed by atoms with Crippen LogP contribution in [0.2, 0.25) is 0 Å². The van der Waals surface area contributed by atoms with Gasteiger partial charge in [-0.05, 0) is 48.5 Å². The van der Waals surface area contributed by atoms with E-state index in [0.717, 1.165) is 21.9 Å². The number of rotatable bonds is 10. The molecule has 0 spiro atoms. The summed E-state index contributed by atoms with van der Waals surface area (Å²) in [5.41, 5.74) is 2.29. The van der Waals surface area contributed by atoms with E-state index in [1.807, 2.05) is 60.0 Å². The Morgan fingerprint density at radius 3 is 2.43 bits per heavy atom. The maximum atomic E-state index is 12.4. The number of thiazole rings is 1. The molecule has 9 heteroatoms. The lowest BCUT2D eigenvalue weighted by Crippen LogP contribution is -2.20. The normalized spacial score (nSPS) is 10.4. The van der Waals surface area contributed by atoms with Crippen LogP contribution in [0.25, 0.3) is 11.3 Å². The highest BCUT2D eigenvalue weighted by Gasteiger charge is 2.12. The minimum Gasteiger partial charge on any atom is -0.496 e. The van der Waals surface area contributed by atoms with Gasteiger partial charge in [-0.25, -0.2) is 4.98 Å². The van der Waals surface area contributed by atoms with Gasteiger partial charge in [0.05, 0.1) is 18.6 Å². The predicted molar refractivity (Wildman–Crippen MR) is 140 cm³/mol. The quantitative estimate of drug-likeness (QED) is 0.274. The molecule has 0 radical (unpaired) electrons. The summed E-state index contributed by atoms with van der Waals surface area (Å²) >= 11 is 2.76. The number of hydrogen-bond donors (Lipinski definition) is 2. The molecule has 0 atom stereocenters. The van der Waals surface area contributed by atoms with Gasteiger partial charge in [0.15, 0.2) is 11.7 Å². The fraction of sp³-hybridized carbons (Fsp3) is 0.115. The third-order valence-electron chi connectivity index (χ3n) is 4.75. The van der Waals surface area contributed by atoms with Crippen molar-refractivity contribution in [3.05, 3.63) is 84.2 Å². The van der Waals surface area contributed by atoms with Gasteiger partial charge in [0.25, 0.3) is 5.91 Å². The van der Waals surface area contributed by atoms with Gasteiger partial charge in [0, 0.05) is 21.5 Å². The number of para-hydroxylation sites is 2. The average Bonchev–Trinajstić information content (AvgIpc) is 3.36. The Kier molecular flexibility index (Phi) is 8.37. The van der Waals surface area contributed by atoms with Crippen LogP contribution in [-0.2, 0) is 9.59 Å². The maximum Gasteiger partial charge on any atom is 0.262 e. The summed E-state index contributed by atoms with van der Waals surface area (Å²) in [6.45, 7) is -0.0732. The fourth-order valence-corrected chi connectivity index (χ4v) is 4.54. The lowest BCUT2D eigenvalue weighted by Gasteiger charge is -2.08. The summed E-state index contributed by atoms with van der Waals surface area (Å²) < 4.78 is 10.8. The van der Waals surface area contributed by atoms with Gasteiger partial charge >= 0.3 is 0 Å². The molecule has 35 heavy (non-hydrogen) atoms. The number of nitrogens with one attached hydrogen (secondary N) is 2. The summed E-state index contributed by atoms with van der Waals surface area (Å²) in [5, 5.41) is 8.06. The first-order valence-electron chi connectivity index (χ1n) is 10.7. The summed E-state index contributed by atoms with van der Waals surface area (Å²) in [7, 11) is 1.62. The van der Waals surface area contributed by atoms with Crippen molar-refractivity contribution < 1.29 is 19.1 Å². The van der Waals surface area contributed by atoms with E-state index in [2.05, 4.69) is 15.6 Å². The molecule has 4 rings (SSSR count). The molecule has 4 aromatic rings. The van der Waals surface area contributed by atoms with Crippen molar-refractivity contribution in [1.82, 2.24) is 4.98 Å². The molecule has 0 unspecified atom stereocenters. The molecule has 0 saturated heterocycles. The third kappa shape index (κ3) is 7.08. The van der Waals surface area contributed by atoms with E-state index in [1.165, 1.54) is 23.1 Å². The number of aromatic nitrogens is 1. The number of nitrogens with zero attached hydrogens (tertiary/aromatic N) is 1. The van der Waals surface area contributed by atoms with Crippen molar-refractivity contribution in [2.45, 2.75) is 4.90 Å². The Balaban J connectivity index is 1.23. The van der Waals surface area contributed by atoms with Gasteiger partial charge in [-0.2, -0.15) is 0 Å². The number of carbonyl (C=O) groups is 2. The van der Waals surface area contributed by atoms with Gasteiger partial charge in [0.2, 0.25) is 5.91 Å². The van der Waals surface area contributed by atoms with Crippen LogP contribution in [0.5, 0.6) is 11.5 Å². The molecule has 0 fully saturated rings. The fourth-order valence-electron chi connectivity index (χ4n) is 3.11. The third-order valence-corrected chi connectivity index (χ3v) is 6.52. The van der Waals surface area contributed by atoms with Gasteiger partial charge in [-0.15, -0.1) is 23.1 Å². The standard InChI is InChI=1S/C26H23N3O4S2/c1-32-23-10-6-5-9-21(23)22-16-35-26(28-22)29-25(31)17-34-20-13-11-18(12-14-20)27-24(30)15-33-19-7-3-2-4-8-19/h2-14,16H,15,17H2,1H3,(H,27,30)(H,28,29,31). The Hall–Kier alpha value is -3.82. The van der Waals surface area contributed by atoms with Gasteiger partial charge in [-0.1, -0.05) is 30.3 Å². The van der Waals surface area contributed by atoms with E-state index in [1.54, 1.807) is 31.4 Å². The van der Waals surface area contributed by atoms with E-state index in [-0.39, 0.29) is 24.2 Å². The molecule has 178 valence electrons. The second kappa shape index (κ2) is 12.0. The number of carbonyl (C=O) groups excluding carboxylic acids is 2. The van der Waals surface area contributed by atoms with E-state index in [9.17, 15) is 9.59 Å². The molecule has 1 heterocycles. The second-order valence-corrected chi connectivity index (χ2v) is 9.16. The van der Waals surface area contributed by atoms with Crippen molar-refractivity contribution in [1.29, 1.82) is 0 Å². The van der Waals surface area contributed by atoms with Crippen molar-refractivity contribution in [2.75, 3.05) is 30.1 Å². The van der Waals surface area contributed by atoms with Crippen LogP contribution < -0.4 is 20.1 Å². The van der Waals surface area contributed by atoms with Crippen LogP contribution >= 0.6 is 23.1 Å². The highest BCUT2D eigenvalue weighted by molar-refractivity contribution is 8.00. The number of hydrogen-bond acceptors (Lipinski definition) is 7. The van der Waals surface area contributed by atoms with Crippen molar-refractivity contribution in [3.63, 3.8) is 0 Å². The molecule has 0 saturated carbocycles. The molecule has 3 aromatic carbocycles. The lowest BCUT2D eigenvalue weighted by molar-refractivity contribution is -0.118. The van der Waals surface area contributed by atoms with E-state index < -0.39 is 0 Å². The topological polar surface area (TPSA) is 89.6 Å². The Labute approximate surface area is 211 Å². The molecule has 2 N–H and O–H groups in total. The monoisotopic (exact) mass is 505 g/mol. The minimum atomic E-state index is -0.246. The van der Waals surface area contributed by atoms with Crippen LogP contribution in [0.15, 0.2) is 89.1 Å². The SMILES string of the molecule is COc1ccccc1-c1csc(NC(=O)CSc2ccc(NC(=O)COc3ccccc3)cc2)n1. The van der Waals surface area contributed by atoms with Gasteiger partial charge in [0.1, 0.15) is 11.5 Å². The molecule has 7 nitrogen and oxygen atoms in total. The second-order valence-electron chi connectivity index (χ2n) is 7.25. The van der Waals surface area contributed by atoms with Crippen LogP contribution in [0, 0.1) is 0 Å². The first kappa shape index (κ1) is 24.3. The minimum absolute atomic E-state index is 0.0732. The zero-order valence-corrected chi connectivity index (χ0v) is 20.5.